The summed E-state index contributed by atoms with van der Waals surface area (Å²) < 4.78 is 10.7. The molecule has 4 nitrogen and oxygen atoms in total. The maximum Gasteiger partial charge on any atom is 0.231 e. The number of rotatable bonds is 2. The van der Waals surface area contributed by atoms with Crippen LogP contribution in [0.4, 0.5) is 0 Å². The van der Waals surface area contributed by atoms with E-state index in [9.17, 15) is 0 Å². The molecule has 22 heavy (non-hydrogen) atoms. The first-order valence-corrected chi connectivity index (χ1v) is 8.01. The van der Waals surface area contributed by atoms with Gasteiger partial charge in [-0.2, -0.15) is 10.2 Å². The van der Waals surface area contributed by atoms with Crippen molar-refractivity contribution < 1.29 is 9.47 Å². The molecule has 0 N–H and O–H groups in total. The van der Waals surface area contributed by atoms with Crippen LogP contribution in [-0.4, -0.2) is 18.7 Å². The van der Waals surface area contributed by atoms with Gasteiger partial charge in [-0.25, -0.2) is 0 Å². The van der Waals surface area contributed by atoms with Gasteiger partial charge in [0.05, 0.1) is 6.21 Å². The molecule has 4 heteroatoms. The van der Waals surface area contributed by atoms with Gasteiger partial charge in [-0.15, -0.1) is 0 Å². The lowest BCUT2D eigenvalue weighted by Crippen LogP contribution is -2.32. The molecule has 0 saturated heterocycles. The fourth-order valence-corrected chi connectivity index (χ4v) is 4.24. The number of fused-ring (bicyclic) bond motifs is 3. The van der Waals surface area contributed by atoms with Crippen molar-refractivity contribution in [2.45, 2.75) is 40.0 Å². The molecule has 4 rings (SSSR count). The van der Waals surface area contributed by atoms with Gasteiger partial charge in [0.25, 0.3) is 0 Å². The van der Waals surface area contributed by atoms with Crippen LogP contribution in [0.25, 0.3) is 0 Å². The summed E-state index contributed by atoms with van der Waals surface area (Å²) in [6, 6.07) is 5.83. The number of benzene rings is 1. The molecule has 2 aliphatic carbocycles. The first kappa shape index (κ1) is 13.8. The lowest BCUT2D eigenvalue weighted by Gasteiger charge is -2.34. The molecule has 1 heterocycles. The lowest BCUT2D eigenvalue weighted by molar-refractivity contribution is 0.174. The average Bonchev–Trinajstić information content (AvgIpc) is 3.09. The van der Waals surface area contributed by atoms with Gasteiger partial charge in [0.2, 0.25) is 6.79 Å². The normalized spacial score (nSPS) is 33.2. The topological polar surface area (TPSA) is 43.2 Å². The van der Waals surface area contributed by atoms with Crippen LogP contribution in [0.15, 0.2) is 28.4 Å². The third-order valence-electron chi connectivity index (χ3n) is 6.29. The second-order valence-electron chi connectivity index (χ2n) is 7.40. The van der Waals surface area contributed by atoms with Crippen molar-refractivity contribution in [3.05, 3.63) is 23.8 Å². The molecular weight excluding hydrogens is 276 g/mol. The fraction of sp³-hybridized carbons (Fsp3) is 0.556. The van der Waals surface area contributed by atoms with Gasteiger partial charge in [-0.1, -0.05) is 20.8 Å². The number of hydrogen-bond donors (Lipinski definition) is 0. The summed E-state index contributed by atoms with van der Waals surface area (Å²) in [6.07, 6.45) is 5.47. The molecule has 3 aliphatic rings. The molecule has 0 unspecified atom stereocenters. The average molecular weight is 298 g/mol. The van der Waals surface area contributed by atoms with Crippen molar-refractivity contribution in [2.75, 3.05) is 6.79 Å². The molecule has 2 atom stereocenters. The van der Waals surface area contributed by atoms with E-state index in [1.807, 2.05) is 18.2 Å². The largest absolute Gasteiger partial charge is 0.454 e. The quantitative estimate of drug-likeness (QED) is 0.611. The van der Waals surface area contributed by atoms with Crippen molar-refractivity contribution in [1.29, 1.82) is 0 Å². The molecule has 0 amide bonds. The molecule has 0 radical (unpaired) electrons. The zero-order valence-electron chi connectivity index (χ0n) is 13.4. The first-order valence-electron chi connectivity index (χ1n) is 8.01. The van der Waals surface area contributed by atoms with Crippen LogP contribution in [0.5, 0.6) is 11.5 Å². The molecule has 1 aromatic rings. The van der Waals surface area contributed by atoms with E-state index in [2.05, 4.69) is 31.0 Å². The molecule has 0 spiro atoms. The van der Waals surface area contributed by atoms with E-state index < -0.39 is 0 Å². The van der Waals surface area contributed by atoms with Gasteiger partial charge in [0, 0.05) is 11.1 Å². The predicted molar refractivity (Wildman–Crippen MR) is 86.8 cm³/mol. The van der Waals surface area contributed by atoms with Crippen molar-refractivity contribution in [3.8, 4) is 11.5 Å². The minimum absolute atomic E-state index is 0.212. The summed E-state index contributed by atoms with van der Waals surface area (Å²) in [6.45, 7) is 7.42. The molecule has 116 valence electrons. The minimum Gasteiger partial charge on any atom is -0.454 e. The summed E-state index contributed by atoms with van der Waals surface area (Å²) in [5.41, 5.74) is 2.82. The molecule has 1 aromatic carbocycles. The monoisotopic (exact) mass is 298 g/mol. The third kappa shape index (κ3) is 1.82. The van der Waals surface area contributed by atoms with E-state index in [4.69, 9.17) is 9.47 Å². The minimum atomic E-state index is 0.212. The summed E-state index contributed by atoms with van der Waals surface area (Å²) in [7, 11) is 0. The standard InChI is InChI=1S/C18H22N2O2/c1-17(2)13-6-7-18(17,3)16(9-13)20-19-10-12-4-5-14-15(8-12)22-11-21-14/h4-5,8,10,13H,6-7,9,11H2,1-3H3/b19-10-,20-16+/t13-,18+/m1/s1. The van der Waals surface area contributed by atoms with Crippen LogP contribution >= 0.6 is 0 Å². The van der Waals surface area contributed by atoms with E-state index in [0.717, 1.165) is 29.4 Å². The van der Waals surface area contributed by atoms with Crippen LogP contribution in [0.3, 0.4) is 0 Å². The van der Waals surface area contributed by atoms with Gasteiger partial charge in [0.1, 0.15) is 0 Å². The van der Waals surface area contributed by atoms with Crippen LogP contribution in [0.2, 0.25) is 0 Å². The Bertz CT molecular complexity index is 678. The zero-order chi connectivity index (χ0) is 15.4. The van der Waals surface area contributed by atoms with E-state index >= 15 is 0 Å². The molecular formula is C18H22N2O2. The highest BCUT2D eigenvalue weighted by Gasteiger charge is 2.59. The summed E-state index contributed by atoms with van der Waals surface area (Å²) in [5.74, 6) is 2.34. The van der Waals surface area contributed by atoms with Crippen molar-refractivity contribution in [1.82, 2.24) is 0 Å². The third-order valence-corrected chi connectivity index (χ3v) is 6.29. The van der Waals surface area contributed by atoms with E-state index in [1.54, 1.807) is 6.21 Å². The van der Waals surface area contributed by atoms with Gasteiger partial charge in [-0.3, -0.25) is 0 Å². The van der Waals surface area contributed by atoms with Crippen LogP contribution in [-0.2, 0) is 0 Å². The second-order valence-corrected chi connectivity index (χ2v) is 7.40. The Kier molecular flexibility index (Phi) is 2.87. The molecule has 1 aliphatic heterocycles. The van der Waals surface area contributed by atoms with Crippen molar-refractivity contribution >= 4 is 11.9 Å². The highest BCUT2D eigenvalue weighted by Crippen LogP contribution is 2.63. The van der Waals surface area contributed by atoms with Crippen molar-refractivity contribution in [2.24, 2.45) is 27.0 Å². The Morgan fingerprint density at radius 3 is 2.73 bits per heavy atom. The van der Waals surface area contributed by atoms with E-state index in [-0.39, 0.29) is 5.41 Å². The second kappa shape index (κ2) is 4.58. The Balaban J connectivity index is 1.55. The summed E-state index contributed by atoms with van der Waals surface area (Å²) >= 11 is 0. The Labute approximate surface area is 131 Å². The van der Waals surface area contributed by atoms with Crippen LogP contribution in [0, 0.1) is 16.7 Å². The van der Waals surface area contributed by atoms with Gasteiger partial charge in [0.15, 0.2) is 11.5 Å². The summed E-state index contributed by atoms with van der Waals surface area (Å²) in [4.78, 5) is 0. The number of ether oxygens (including phenoxy) is 2. The first-order chi connectivity index (χ1) is 10.5. The molecule has 2 bridgehead atoms. The Hall–Kier alpha value is -1.84. The molecule has 2 fully saturated rings. The predicted octanol–water partition coefficient (Wildman–Crippen LogP) is 4.04. The molecule has 0 aromatic heterocycles. The van der Waals surface area contributed by atoms with Gasteiger partial charge < -0.3 is 9.47 Å². The maximum absolute atomic E-state index is 5.38. The van der Waals surface area contributed by atoms with E-state index in [0.29, 0.717) is 12.2 Å². The zero-order valence-corrected chi connectivity index (χ0v) is 13.4. The van der Waals surface area contributed by atoms with Crippen LogP contribution < -0.4 is 9.47 Å². The van der Waals surface area contributed by atoms with Gasteiger partial charge in [-0.05, 0) is 54.4 Å². The summed E-state index contributed by atoms with van der Waals surface area (Å²) in [5, 5.41) is 8.92. The number of hydrogen-bond acceptors (Lipinski definition) is 4. The fourth-order valence-electron chi connectivity index (χ4n) is 4.24. The highest BCUT2D eigenvalue weighted by atomic mass is 16.7. The highest BCUT2D eigenvalue weighted by molar-refractivity contribution is 5.94. The Morgan fingerprint density at radius 1 is 1.18 bits per heavy atom. The van der Waals surface area contributed by atoms with Crippen molar-refractivity contribution in [3.63, 3.8) is 0 Å². The smallest absolute Gasteiger partial charge is 0.231 e. The van der Waals surface area contributed by atoms with Crippen LogP contribution in [0.1, 0.15) is 45.6 Å². The maximum atomic E-state index is 5.38. The molecule has 2 saturated carbocycles. The number of nitrogens with zero attached hydrogens (tertiary/aromatic N) is 2. The van der Waals surface area contributed by atoms with Gasteiger partial charge >= 0.3 is 0 Å². The Morgan fingerprint density at radius 2 is 2.00 bits per heavy atom. The lowest BCUT2D eigenvalue weighted by atomic mass is 9.70. The SMILES string of the molecule is CC1(C)[C@@H]2CC[C@@]1(C)/C(=N/N=C\c1ccc3c(c1)OCO3)C2. The van der Waals surface area contributed by atoms with E-state index in [1.165, 1.54) is 18.6 Å².